The zero-order valence-corrected chi connectivity index (χ0v) is 6.10. The Kier molecular flexibility index (Phi) is 1.42. The van der Waals surface area contributed by atoms with Gasteiger partial charge in [0.05, 0.1) is 11.7 Å². The second kappa shape index (κ2) is 2.55. The minimum Gasteiger partial charge on any atom is -0.262 e. The molecular formula is C8H4N4. The highest BCUT2D eigenvalue weighted by molar-refractivity contribution is 5.81. The molecule has 2 aromatic heterocycles. The van der Waals surface area contributed by atoms with Crippen LogP contribution in [0.15, 0.2) is 24.8 Å². The van der Waals surface area contributed by atoms with Crippen LogP contribution in [0.2, 0.25) is 0 Å². The molecule has 4 nitrogen and oxygen atoms in total. The fourth-order valence-corrected chi connectivity index (χ4v) is 0.997. The van der Waals surface area contributed by atoms with Crippen LogP contribution in [0.5, 0.6) is 0 Å². The van der Waals surface area contributed by atoms with Crippen LogP contribution in [-0.4, -0.2) is 15.0 Å². The average molecular weight is 156 g/mol. The number of aromatic nitrogens is 3. The van der Waals surface area contributed by atoms with Gasteiger partial charge in [0, 0.05) is 11.6 Å². The van der Waals surface area contributed by atoms with Crippen LogP contribution in [0.4, 0.5) is 0 Å². The molecule has 0 atom stereocenters. The molecule has 2 rings (SSSR count). The first-order chi connectivity index (χ1) is 5.92. The van der Waals surface area contributed by atoms with Crippen molar-refractivity contribution in [1.82, 2.24) is 15.0 Å². The molecule has 4 heteroatoms. The lowest BCUT2D eigenvalue weighted by atomic mass is 10.2. The summed E-state index contributed by atoms with van der Waals surface area (Å²) in [5.74, 6) is 0. The van der Waals surface area contributed by atoms with E-state index in [2.05, 4.69) is 15.0 Å². The van der Waals surface area contributed by atoms with Crippen molar-refractivity contribution in [3.63, 3.8) is 0 Å². The molecule has 2 heterocycles. The molecule has 0 fully saturated rings. The number of nitriles is 1. The first-order valence-electron chi connectivity index (χ1n) is 3.36. The quantitative estimate of drug-likeness (QED) is 0.568. The maximum absolute atomic E-state index is 8.67. The molecule has 0 amide bonds. The van der Waals surface area contributed by atoms with Crippen molar-refractivity contribution in [2.75, 3.05) is 0 Å². The Hall–Kier alpha value is -2.02. The van der Waals surface area contributed by atoms with Gasteiger partial charge in [0.15, 0.2) is 5.69 Å². The molecule has 0 aliphatic heterocycles. The maximum atomic E-state index is 8.67. The Balaban J connectivity index is 2.91. The summed E-state index contributed by atoms with van der Waals surface area (Å²) in [6.45, 7) is 0. The first kappa shape index (κ1) is 6.68. The minimum atomic E-state index is 0.391. The molecule has 12 heavy (non-hydrogen) atoms. The van der Waals surface area contributed by atoms with Gasteiger partial charge in [-0.15, -0.1) is 0 Å². The van der Waals surface area contributed by atoms with Gasteiger partial charge in [0.2, 0.25) is 0 Å². The molecule has 0 radical (unpaired) electrons. The monoisotopic (exact) mass is 156 g/mol. The summed E-state index contributed by atoms with van der Waals surface area (Å²) < 4.78 is 0. The molecule has 0 saturated carbocycles. The predicted octanol–water partition coefficient (Wildman–Crippen LogP) is 0.896. The van der Waals surface area contributed by atoms with Gasteiger partial charge in [0.25, 0.3) is 0 Å². The second-order valence-corrected chi connectivity index (χ2v) is 2.23. The number of pyridine rings is 1. The lowest BCUT2D eigenvalue weighted by Gasteiger charge is -1.94. The molecule has 0 aromatic carbocycles. The van der Waals surface area contributed by atoms with E-state index in [1.165, 1.54) is 6.33 Å². The molecule has 2 aromatic rings. The van der Waals surface area contributed by atoms with Crippen LogP contribution < -0.4 is 0 Å². The molecule has 0 aliphatic carbocycles. The fraction of sp³-hybridized carbons (Fsp3) is 0. The molecule has 0 unspecified atom stereocenters. The summed E-state index contributed by atoms with van der Waals surface area (Å²) in [6, 6.07) is 3.72. The van der Waals surface area contributed by atoms with Crippen molar-refractivity contribution >= 4 is 10.9 Å². The van der Waals surface area contributed by atoms with Crippen molar-refractivity contribution < 1.29 is 0 Å². The Morgan fingerprint density at radius 2 is 2.25 bits per heavy atom. The van der Waals surface area contributed by atoms with E-state index in [-0.39, 0.29) is 0 Å². The van der Waals surface area contributed by atoms with Crippen LogP contribution in [0, 0.1) is 11.3 Å². The number of rotatable bonds is 0. The number of nitrogens with zero attached hydrogens (tertiary/aromatic N) is 4. The van der Waals surface area contributed by atoms with Gasteiger partial charge >= 0.3 is 0 Å². The summed E-state index contributed by atoms with van der Waals surface area (Å²) in [6.07, 6.45) is 4.59. The predicted molar refractivity (Wildman–Crippen MR) is 42.0 cm³/mol. The molecule has 0 N–H and O–H groups in total. The van der Waals surface area contributed by atoms with E-state index in [0.29, 0.717) is 11.2 Å². The Bertz CT molecular complexity index is 453. The van der Waals surface area contributed by atoms with Crippen LogP contribution >= 0.6 is 0 Å². The molecule has 0 spiro atoms. The van der Waals surface area contributed by atoms with E-state index in [1.807, 2.05) is 6.07 Å². The zero-order chi connectivity index (χ0) is 8.39. The summed E-state index contributed by atoms with van der Waals surface area (Å²) in [5.41, 5.74) is 1.09. The minimum absolute atomic E-state index is 0.391. The normalized spacial score (nSPS) is 9.58. The third-order valence-corrected chi connectivity index (χ3v) is 1.54. The van der Waals surface area contributed by atoms with Gasteiger partial charge in [-0.05, 0) is 6.07 Å². The van der Waals surface area contributed by atoms with Crippen molar-refractivity contribution in [2.24, 2.45) is 0 Å². The van der Waals surface area contributed by atoms with Gasteiger partial charge in [-0.25, -0.2) is 9.97 Å². The van der Waals surface area contributed by atoms with E-state index in [1.54, 1.807) is 18.5 Å². The van der Waals surface area contributed by atoms with Crippen LogP contribution in [0.1, 0.15) is 5.69 Å². The van der Waals surface area contributed by atoms with E-state index < -0.39 is 0 Å². The van der Waals surface area contributed by atoms with Crippen LogP contribution in [0.3, 0.4) is 0 Å². The highest BCUT2D eigenvalue weighted by Crippen LogP contribution is 2.10. The smallest absolute Gasteiger partial charge is 0.151 e. The van der Waals surface area contributed by atoms with E-state index in [0.717, 1.165) is 5.39 Å². The summed E-state index contributed by atoms with van der Waals surface area (Å²) >= 11 is 0. The Morgan fingerprint density at radius 3 is 3.08 bits per heavy atom. The summed E-state index contributed by atoms with van der Waals surface area (Å²) in [7, 11) is 0. The van der Waals surface area contributed by atoms with Gasteiger partial charge in [-0.1, -0.05) is 0 Å². The Labute approximate surface area is 68.5 Å². The third-order valence-electron chi connectivity index (χ3n) is 1.54. The van der Waals surface area contributed by atoms with Gasteiger partial charge in [-0.2, -0.15) is 5.26 Å². The van der Waals surface area contributed by atoms with Gasteiger partial charge < -0.3 is 0 Å². The number of fused-ring (bicyclic) bond motifs is 1. The molecule has 0 aliphatic rings. The van der Waals surface area contributed by atoms with Crippen LogP contribution in [-0.2, 0) is 0 Å². The van der Waals surface area contributed by atoms with E-state index in [4.69, 9.17) is 5.26 Å². The van der Waals surface area contributed by atoms with E-state index >= 15 is 0 Å². The molecular weight excluding hydrogens is 152 g/mol. The lowest BCUT2D eigenvalue weighted by molar-refractivity contribution is 1.18. The average Bonchev–Trinajstić information content (AvgIpc) is 2.17. The van der Waals surface area contributed by atoms with Crippen molar-refractivity contribution in [1.29, 1.82) is 5.26 Å². The SMILES string of the molecule is N#Cc1ncnc2cnccc12. The van der Waals surface area contributed by atoms with Crippen LogP contribution in [0.25, 0.3) is 10.9 Å². The highest BCUT2D eigenvalue weighted by atomic mass is 14.8. The zero-order valence-electron chi connectivity index (χ0n) is 6.10. The highest BCUT2D eigenvalue weighted by Gasteiger charge is 1.99. The van der Waals surface area contributed by atoms with Crippen molar-refractivity contribution in [2.45, 2.75) is 0 Å². The van der Waals surface area contributed by atoms with E-state index in [9.17, 15) is 0 Å². The topological polar surface area (TPSA) is 62.5 Å². The van der Waals surface area contributed by atoms with Crippen molar-refractivity contribution in [3.8, 4) is 6.07 Å². The second-order valence-electron chi connectivity index (χ2n) is 2.23. The number of hydrogen-bond acceptors (Lipinski definition) is 4. The van der Waals surface area contributed by atoms with Gasteiger partial charge in [0.1, 0.15) is 12.4 Å². The van der Waals surface area contributed by atoms with Gasteiger partial charge in [-0.3, -0.25) is 4.98 Å². The maximum Gasteiger partial charge on any atom is 0.151 e. The Morgan fingerprint density at radius 1 is 1.33 bits per heavy atom. The molecule has 0 saturated heterocycles. The van der Waals surface area contributed by atoms with Crippen molar-refractivity contribution in [3.05, 3.63) is 30.5 Å². The molecule has 56 valence electrons. The largest absolute Gasteiger partial charge is 0.262 e. The summed E-state index contributed by atoms with van der Waals surface area (Å²) in [5, 5.41) is 9.42. The molecule has 0 bridgehead atoms. The summed E-state index contributed by atoms with van der Waals surface area (Å²) in [4.78, 5) is 11.7. The fourth-order valence-electron chi connectivity index (χ4n) is 0.997. The number of hydrogen-bond donors (Lipinski definition) is 0. The first-order valence-corrected chi connectivity index (χ1v) is 3.36. The lowest BCUT2D eigenvalue weighted by Crippen LogP contribution is -1.88. The standard InChI is InChI=1S/C8H4N4/c9-3-7-6-1-2-10-4-8(6)12-5-11-7/h1-2,4-5H. The third kappa shape index (κ3) is 0.883.